The topological polar surface area (TPSA) is 62.6 Å². The first-order valence-electron chi connectivity index (χ1n) is 11.0. The van der Waals surface area contributed by atoms with Crippen LogP contribution >= 0.6 is 11.6 Å². The molecular weight excluding hydrogens is 458 g/mol. The third-order valence-corrected chi connectivity index (χ3v) is 8.80. The van der Waals surface area contributed by atoms with Gasteiger partial charge in [-0.05, 0) is 60.4 Å². The first-order chi connectivity index (χ1) is 15.7. The van der Waals surface area contributed by atoms with Gasteiger partial charge in [-0.2, -0.15) is 4.31 Å². The van der Waals surface area contributed by atoms with Gasteiger partial charge in [0.25, 0.3) is 5.56 Å². The van der Waals surface area contributed by atoms with Crippen LogP contribution in [0.25, 0.3) is 11.1 Å². The summed E-state index contributed by atoms with van der Waals surface area (Å²) in [7, 11) is 0.349. The molecule has 2 aliphatic heterocycles. The summed E-state index contributed by atoms with van der Waals surface area (Å²) in [5.41, 5.74) is 4.03. The van der Waals surface area contributed by atoms with Crippen molar-refractivity contribution in [1.29, 1.82) is 0 Å². The zero-order chi connectivity index (χ0) is 23.3. The van der Waals surface area contributed by atoms with E-state index in [0.29, 0.717) is 24.7 Å². The number of fused-ring (bicyclic) bond motifs is 4. The number of piperidine rings is 1. The van der Waals surface area contributed by atoms with E-state index < -0.39 is 10.0 Å². The Morgan fingerprint density at radius 2 is 1.61 bits per heavy atom. The van der Waals surface area contributed by atoms with Gasteiger partial charge in [0.15, 0.2) is 0 Å². The Bertz CT molecular complexity index is 1350. The van der Waals surface area contributed by atoms with Crippen LogP contribution in [-0.4, -0.2) is 44.5 Å². The number of benzene rings is 2. The first-order valence-corrected chi connectivity index (χ1v) is 12.8. The predicted molar refractivity (Wildman–Crippen MR) is 132 cm³/mol. The number of nitrogens with zero attached hydrogens (tertiary/aromatic N) is 3. The van der Waals surface area contributed by atoms with Gasteiger partial charge in [0.05, 0.1) is 4.90 Å². The molecule has 1 saturated heterocycles. The lowest BCUT2D eigenvalue weighted by atomic mass is 9.81. The van der Waals surface area contributed by atoms with Crippen molar-refractivity contribution in [3.05, 3.63) is 81.7 Å². The van der Waals surface area contributed by atoms with Crippen molar-refractivity contribution in [1.82, 2.24) is 8.87 Å². The van der Waals surface area contributed by atoms with Crippen molar-refractivity contribution >= 4 is 27.3 Å². The van der Waals surface area contributed by atoms with E-state index >= 15 is 0 Å². The molecule has 2 bridgehead atoms. The van der Waals surface area contributed by atoms with Crippen LogP contribution in [0.3, 0.4) is 0 Å². The van der Waals surface area contributed by atoms with E-state index in [0.717, 1.165) is 28.9 Å². The van der Waals surface area contributed by atoms with Crippen molar-refractivity contribution in [2.24, 2.45) is 5.92 Å². The van der Waals surface area contributed by atoms with Crippen LogP contribution in [0.4, 0.5) is 5.69 Å². The molecule has 8 heteroatoms. The molecule has 2 aromatic carbocycles. The number of aromatic nitrogens is 1. The van der Waals surface area contributed by atoms with Crippen molar-refractivity contribution in [3.63, 3.8) is 0 Å². The maximum absolute atomic E-state index is 13.4. The maximum Gasteiger partial charge on any atom is 0.250 e. The van der Waals surface area contributed by atoms with E-state index in [2.05, 4.69) is 24.3 Å². The van der Waals surface area contributed by atoms with Gasteiger partial charge in [0.2, 0.25) is 10.0 Å². The predicted octanol–water partition coefficient (Wildman–Crippen LogP) is 4.04. The van der Waals surface area contributed by atoms with Crippen LogP contribution < -0.4 is 10.5 Å². The maximum atomic E-state index is 13.4. The minimum Gasteiger partial charge on any atom is -0.378 e. The molecule has 0 saturated carbocycles. The molecule has 0 unspecified atom stereocenters. The molecule has 0 radical (unpaired) electrons. The van der Waals surface area contributed by atoms with Crippen molar-refractivity contribution in [3.8, 4) is 11.1 Å². The number of anilines is 1. The van der Waals surface area contributed by atoms with E-state index in [1.165, 1.54) is 0 Å². The third kappa shape index (κ3) is 3.98. The molecule has 0 aliphatic carbocycles. The van der Waals surface area contributed by atoms with E-state index in [4.69, 9.17) is 11.6 Å². The number of pyridine rings is 1. The van der Waals surface area contributed by atoms with Crippen molar-refractivity contribution < 1.29 is 8.42 Å². The summed E-state index contributed by atoms with van der Waals surface area (Å²) >= 11 is 5.96. The lowest BCUT2D eigenvalue weighted by Gasteiger charge is -2.42. The minimum absolute atomic E-state index is 0.0256. The van der Waals surface area contributed by atoms with Crippen LogP contribution in [0.5, 0.6) is 0 Å². The molecule has 3 aromatic rings. The fourth-order valence-electron chi connectivity index (χ4n) is 5.11. The molecular formula is C25H26ClN3O3S. The Morgan fingerprint density at radius 3 is 2.27 bits per heavy atom. The Balaban J connectivity index is 1.54. The second-order valence-corrected chi connectivity index (χ2v) is 11.5. The van der Waals surface area contributed by atoms with E-state index in [1.54, 1.807) is 34.6 Å². The number of sulfonamides is 1. The molecule has 0 amide bonds. The molecule has 5 rings (SSSR count). The Labute approximate surface area is 199 Å². The summed E-state index contributed by atoms with van der Waals surface area (Å²) in [6, 6.07) is 18.1. The Kier molecular flexibility index (Phi) is 5.59. The van der Waals surface area contributed by atoms with Gasteiger partial charge in [-0.15, -0.1) is 0 Å². The van der Waals surface area contributed by atoms with E-state index in [9.17, 15) is 13.2 Å². The standard InChI is InChI=1S/C25H26ClN3O3S/c1-27(2)21-7-3-18(4-8-21)23-11-12-24(30)29-15-17-13-19(25(23)29)16-28(14-17)33(31,32)22-9-5-20(26)6-10-22/h3-12,17,19H,13-16H2,1-2H3/t17-,19+/m0/s1. The van der Waals surface area contributed by atoms with Gasteiger partial charge < -0.3 is 9.47 Å². The molecule has 172 valence electrons. The zero-order valence-electron chi connectivity index (χ0n) is 18.6. The molecule has 0 N–H and O–H groups in total. The van der Waals surface area contributed by atoms with Gasteiger partial charge in [-0.25, -0.2) is 8.42 Å². The van der Waals surface area contributed by atoms with Crippen LogP contribution in [0, 0.1) is 5.92 Å². The highest BCUT2D eigenvalue weighted by Crippen LogP contribution is 2.41. The van der Waals surface area contributed by atoms with Gasteiger partial charge in [-0.1, -0.05) is 23.7 Å². The van der Waals surface area contributed by atoms with Gasteiger partial charge in [0.1, 0.15) is 0 Å². The smallest absolute Gasteiger partial charge is 0.250 e. The number of hydrogen-bond donors (Lipinski definition) is 0. The highest BCUT2D eigenvalue weighted by molar-refractivity contribution is 7.89. The average molecular weight is 484 g/mol. The fourth-order valence-corrected chi connectivity index (χ4v) is 6.79. The van der Waals surface area contributed by atoms with Gasteiger partial charge >= 0.3 is 0 Å². The second kappa shape index (κ2) is 8.31. The summed E-state index contributed by atoms with van der Waals surface area (Å²) in [5.74, 6) is 0.0550. The summed E-state index contributed by atoms with van der Waals surface area (Å²) in [5, 5.41) is 0.502. The summed E-state index contributed by atoms with van der Waals surface area (Å²) in [4.78, 5) is 15.1. The molecule has 2 aliphatic rings. The van der Waals surface area contributed by atoms with Crippen LogP contribution in [-0.2, 0) is 16.6 Å². The minimum atomic E-state index is -3.64. The Morgan fingerprint density at radius 1 is 0.909 bits per heavy atom. The Hall–Kier alpha value is -2.61. The summed E-state index contributed by atoms with van der Waals surface area (Å²) in [6.07, 6.45) is 0.874. The van der Waals surface area contributed by atoms with E-state index in [1.807, 2.05) is 29.6 Å². The van der Waals surface area contributed by atoms with Crippen molar-refractivity contribution in [2.75, 3.05) is 32.1 Å². The lowest BCUT2D eigenvalue weighted by Crippen LogP contribution is -2.49. The SMILES string of the molecule is CN(C)c1ccc(-c2ccc(=O)n3c2[C@@H]2C[C@@H](CN(S(=O)(=O)c4ccc(Cl)cc4)C2)C3)cc1. The third-order valence-electron chi connectivity index (χ3n) is 6.70. The number of halogens is 1. The molecule has 2 atom stereocenters. The van der Waals surface area contributed by atoms with E-state index in [-0.39, 0.29) is 22.3 Å². The quantitative estimate of drug-likeness (QED) is 0.561. The zero-order valence-corrected chi connectivity index (χ0v) is 20.2. The number of rotatable bonds is 4. The highest BCUT2D eigenvalue weighted by atomic mass is 35.5. The lowest BCUT2D eigenvalue weighted by molar-refractivity contribution is 0.187. The van der Waals surface area contributed by atoms with Crippen molar-refractivity contribution in [2.45, 2.75) is 23.8 Å². The van der Waals surface area contributed by atoms with Gasteiger partial charge in [-0.3, -0.25) is 4.79 Å². The van der Waals surface area contributed by atoms with Crippen LogP contribution in [0.1, 0.15) is 18.0 Å². The van der Waals surface area contributed by atoms with Crippen LogP contribution in [0.2, 0.25) is 5.02 Å². The van der Waals surface area contributed by atoms with Gasteiger partial charge in [0, 0.05) is 67.7 Å². The molecule has 3 heterocycles. The molecule has 6 nitrogen and oxygen atoms in total. The number of hydrogen-bond acceptors (Lipinski definition) is 4. The van der Waals surface area contributed by atoms with Crippen LogP contribution in [0.15, 0.2) is 70.4 Å². The largest absolute Gasteiger partial charge is 0.378 e. The molecule has 33 heavy (non-hydrogen) atoms. The molecule has 1 fully saturated rings. The average Bonchev–Trinajstić information content (AvgIpc) is 2.80. The molecule has 1 aromatic heterocycles. The highest BCUT2D eigenvalue weighted by Gasteiger charge is 2.40. The summed E-state index contributed by atoms with van der Waals surface area (Å²) < 4.78 is 30.2. The fraction of sp³-hybridized carbons (Fsp3) is 0.320. The normalized spacial score (nSPS) is 20.3. The second-order valence-electron chi connectivity index (χ2n) is 9.10. The monoisotopic (exact) mass is 483 g/mol. The molecule has 0 spiro atoms. The first kappa shape index (κ1) is 22.2. The summed E-state index contributed by atoms with van der Waals surface area (Å²) in [6.45, 7) is 1.30.